The normalized spacial score (nSPS) is 13.0. The largest absolute Gasteiger partial charge is 0.497 e. The van der Waals surface area contributed by atoms with Crippen LogP contribution < -0.4 is 4.74 Å². The van der Waals surface area contributed by atoms with Crippen LogP contribution in [0.25, 0.3) is 0 Å². The molecular weight excluding hydrogens is 356 g/mol. The van der Waals surface area contributed by atoms with Gasteiger partial charge < -0.3 is 4.74 Å². The number of carbonyl (C=O) groups is 1. The zero-order chi connectivity index (χ0) is 19.4. The number of ketones is 1. The topological polar surface area (TPSA) is 43.4 Å². The first-order valence-electron chi connectivity index (χ1n) is 8.77. The zero-order valence-corrected chi connectivity index (χ0v) is 16.5. The number of rotatable bonds is 6. The van der Waals surface area contributed by atoms with E-state index >= 15 is 0 Å². The van der Waals surface area contributed by atoms with Gasteiger partial charge in [-0.2, -0.15) is 0 Å². The highest BCUT2D eigenvalue weighted by Crippen LogP contribution is 2.29. The standard InChI is InChI=1S/C23H22O3S/c1-16-8-14-20(15-9-16)27(25)22-7-5-4-6-21(22)17(2)23(24)18-10-12-19(26-3)13-11-18/h4-15,17H,1-3H3/t17-,27?/m0/s1. The average Bonchev–Trinajstić information content (AvgIpc) is 2.73. The molecule has 0 N–H and O–H groups in total. The van der Waals surface area contributed by atoms with Crippen LogP contribution in [0, 0.1) is 6.92 Å². The molecule has 138 valence electrons. The molecule has 3 aromatic carbocycles. The smallest absolute Gasteiger partial charge is 0.170 e. The van der Waals surface area contributed by atoms with Crippen molar-refractivity contribution in [2.45, 2.75) is 29.6 Å². The molecule has 3 aromatic rings. The summed E-state index contributed by atoms with van der Waals surface area (Å²) >= 11 is 0. The van der Waals surface area contributed by atoms with E-state index in [0.29, 0.717) is 16.2 Å². The fraction of sp³-hybridized carbons (Fsp3) is 0.174. The Balaban J connectivity index is 1.93. The molecule has 0 aromatic heterocycles. The second-order valence-electron chi connectivity index (χ2n) is 6.43. The molecule has 0 amide bonds. The van der Waals surface area contributed by atoms with Gasteiger partial charge in [-0.3, -0.25) is 4.79 Å². The molecule has 2 atom stereocenters. The second-order valence-corrected chi connectivity index (χ2v) is 7.88. The zero-order valence-electron chi connectivity index (χ0n) is 15.6. The Labute approximate surface area is 162 Å². The summed E-state index contributed by atoms with van der Waals surface area (Å²) in [5, 5.41) is 0. The molecule has 0 aliphatic rings. The summed E-state index contributed by atoms with van der Waals surface area (Å²) in [6.45, 7) is 3.86. The Bertz CT molecular complexity index is 960. The number of methoxy groups -OCH3 is 1. The van der Waals surface area contributed by atoms with E-state index in [-0.39, 0.29) is 5.78 Å². The second kappa shape index (κ2) is 8.31. The molecule has 3 rings (SSSR count). The quantitative estimate of drug-likeness (QED) is 0.557. The number of hydrogen-bond acceptors (Lipinski definition) is 3. The van der Waals surface area contributed by atoms with Gasteiger partial charge in [0, 0.05) is 21.3 Å². The van der Waals surface area contributed by atoms with Crippen molar-refractivity contribution < 1.29 is 13.7 Å². The van der Waals surface area contributed by atoms with Crippen LogP contribution in [-0.4, -0.2) is 17.1 Å². The molecule has 0 radical (unpaired) electrons. The van der Waals surface area contributed by atoms with Gasteiger partial charge in [-0.1, -0.05) is 42.8 Å². The fourth-order valence-corrected chi connectivity index (χ4v) is 4.24. The third-order valence-corrected chi connectivity index (χ3v) is 6.06. The van der Waals surface area contributed by atoms with Crippen molar-refractivity contribution >= 4 is 16.6 Å². The van der Waals surface area contributed by atoms with Crippen molar-refractivity contribution in [1.29, 1.82) is 0 Å². The molecule has 1 unspecified atom stereocenters. The van der Waals surface area contributed by atoms with E-state index in [1.807, 2.05) is 62.4 Å². The summed E-state index contributed by atoms with van der Waals surface area (Å²) < 4.78 is 18.3. The number of Topliss-reactive ketones (excluding diaryl/α,β-unsaturated/α-hetero) is 1. The van der Waals surface area contributed by atoms with Crippen molar-refractivity contribution in [3.63, 3.8) is 0 Å². The summed E-state index contributed by atoms with van der Waals surface area (Å²) in [7, 11) is 0.256. The van der Waals surface area contributed by atoms with Gasteiger partial charge in [-0.25, -0.2) is 4.21 Å². The first-order chi connectivity index (χ1) is 13.0. The van der Waals surface area contributed by atoms with Gasteiger partial charge in [0.2, 0.25) is 0 Å². The predicted octanol–water partition coefficient (Wildman–Crippen LogP) is 5.16. The van der Waals surface area contributed by atoms with Crippen molar-refractivity contribution in [3.8, 4) is 5.75 Å². The Morgan fingerprint density at radius 3 is 2.19 bits per heavy atom. The Morgan fingerprint density at radius 2 is 1.56 bits per heavy atom. The van der Waals surface area contributed by atoms with Crippen molar-refractivity contribution in [1.82, 2.24) is 0 Å². The van der Waals surface area contributed by atoms with E-state index in [0.717, 1.165) is 16.0 Å². The van der Waals surface area contributed by atoms with E-state index in [2.05, 4.69) is 0 Å². The van der Waals surface area contributed by atoms with Gasteiger partial charge in [0.1, 0.15) is 5.75 Å². The monoisotopic (exact) mass is 378 g/mol. The molecule has 0 heterocycles. The van der Waals surface area contributed by atoms with Crippen molar-refractivity contribution in [2.24, 2.45) is 0 Å². The maximum atomic E-state index is 13.1. The highest BCUT2D eigenvalue weighted by atomic mass is 32.2. The van der Waals surface area contributed by atoms with Crippen LogP contribution in [0.4, 0.5) is 0 Å². The highest BCUT2D eigenvalue weighted by molar-refractivity contribution is 7.85. The molecule has 0 aliphatic heterocycles. The van der Waals surface area contributed by atoms with Gasteiger partial charge in [-0.15, -0.1) is 0 Å². The third-order valence-electron chi connectivity index (χ3n) is 4.59. The lowest BCUT2D eigenvalue weighted by molar-refractivity contribution is 0.0965. The van der Waals surface area contributed by atoms with Crippen LogP contribution in [0.1, 0.15) is 34.3 Å². The lowest BCUT2D eigenvalue weighted by Gasteiger charge is -2.16. The van der Waals surface area contributed by atoms with Crippen LogP contribution in [0.15, 0.2) is 82.6 Å². The summed E-state index contributed by atoms with van der Waals surface area (Å²) in [5.74, 6) is 0.301. The van der Waals surface area contributed by atoms with Crippen LogP contribution in [0.5, 0.6) is 5.75 Å². The van der Waals surface area contributed by atoms with Gasteiger partial charge in [0.15, 0.2) is 5.78 Å². The van der Waals surface area contributed by atoms with Crippen LogP contribution >= 0.6 is 0 Å². The van der Waals surface area contributed by atoms with Crippen LogP contribution in [0.2, 0.25) is 0 Å². The third kappa shape index (κ3) is 4.17. The predicted molar refractivity (Wildman–Crippen MR) is 108 cm³/mol. The minimum atomic E-state index is -1.34. The molecule has 3 nitrogen and oxygen atoms in total. The lowest BCUT2D eigenvalue weighted by Crippen LogP contribution is -2.12. The molecule has 0 aliphatic carbocycles. The molecule has 0 saturated carbocycles. The molecule has 27 heavy (non-hydrogen) atoms. The lowest BCUT2D eigenvalue weighted by atomic mass is 9.92. The van der Waals surface area contributed by atoms with Gasteiger partial charge >= 0.3 is 0 Å². The molecule has 0 saturated heterocycles. The number of carbonyl (C=O) groups excluding carboxylic acids is 1. The average molecular weight is 378 g/mol. The highest BCUT2D eigenvalue weighted by Gasteiger charge is 2.22. The first-order valence-corrected chi connectivity index (χ1v) is 9.92. The molecular formula is C23H22O3S. The Morgan fingerprint density at radius 1 is 0.926 bits per heavy atom. The van der Waals surface area contributed by atoms with E-state index in [1.165, 1.54) is 0 Å². The van der Waals surface area contributed by atoms with Crippen molar-refractivity contribution in [3.05, 3.63) is 89.5 Å². The minimum Gasteiger partial charge on any atom is -0.497 e. The van der Waals surface area contributed by atoms with E-state index in [9.17, 15) is 9.00 Å². The number of ether oxygens (including phenoxy) is 1. The van der Waals surface area contributed by atoms with Crippen LogP contribution in [-0.2, 0) is 10.8 Å². The van der Waals surface area contributed by atoms with Crippen LogP contribution in [0.3, 0.4) is 0 Å². The molecule has 4 heteroatoms. The number of aryl methyl sites for hydroxylation is 1. The summed E-state index contributed by atoms with van der Waals surface area (Å²) in [4.78, 5) is 14.4. The summed E-state index contributed by atoms with van der Waals surface area (Å²) in [5.41, 5.74) is 2.52. The number of benzene rings is 3. The summed E-state index contributed by atoms with van der Waals surface area (Å²) in [6.07, 6.45) is 0. The van der Waals surface area contributed by atoms with E-state index in [4.69, 9.17) is 4.74 Å². The number of hydrogen-bond donors (Lipinski definition) is 0. The Hall–Kier alpha value is -2.72. The minimum absolute atomic E-state index is 0.00832. The molecule has 0 spiro atoms. The van der Waals surface area contributed by atoms with Crippen molar-refractivity contribution in [2.75, 3.05) is 7.11 Å². The first kappa shape index (κ1) is 19.1. The maximum absolute atomic E-state index is 13.1. The SMILES string of the molecule is COc1ccc(C(=O)[C@@H](C)c2ccccc2S(=O)c2ccc(C)cc2)cc1. The van der Waals surface area contributed by atoms with E-state index in [1.54, 1.807) is 31.4 Å². The van der Waals surface area contributed by atoms with Gasteiger partial charge in [0.05, 0.1) is 17.9 Å². The van der Waals surface area contributed by atoms with Gasteiger partial charge in [-0.05, 0) is 55.0 Å². The summed E-state index contributed by atoms with van der Waals surface area (Å²) in [6, 6.07) is 22.2. The Kier molecular flexibility index (Phi) is 5.87. The molecule has 0 bridgehead atoms. The fourth-order valence-electron chi connectivity index (χ4n) is 2.94. The van der Waals surface area contributed by atoms with Gasteiger partial charge in [0.25, 0.3) is 0 Å². The molecule has 0 fully saturated rings. The van der Waals surface area contributed by atoms with E-state index < -0.39 is 16.7 Å². The maximum Gasteiger partial charge on any atom is 0.170 e.